The van der Waals surface area contributed by atoms with Crippen molar-refractivity contribution in [2.24, 2.45) is 11.7 Å². The molecule has 1 unspecified atom stereocenters. The highest BCUT2D eigenvalue weighted by atomic mass is 16.1. The van der Waals surface area contributed by atoms with E-state index in [4.69, 9.17) is 5.73 Å². The Bertz CT molecular complexity index is 157. The van der Waals surface area contributed by atoms with Gasteiger partial charge >= 0.3 is 0 Å². The summed E-state index contributed by atoms with van der Waals surface area (Å²) in [6.07, 6.45) is 2.21. The van der Waals surface area contributed by atoms with E-state index in [1.165, 1.54) is 0 Å². The summed E-state index contributed by atoms with van der Waals surface area (Å²) in [5, 5.41) is 0. The molecule has 3 nitrogen and oxygen atoms in total. The van der Waals surface area contributed by atoms with Crippen molar-refractivity contribution in [3.8, 4) is 0 Å². The summed E-state index contributed by atoms with van der Waals surface area (Å²) in [6, 6.07) is 0. The number of hydrogen-bond donors (Lipinski definition) is 1. The van der Waals surface area contributed by atoms with Gasteiger partial charge in [0.05, 0.1) is 0 Å². The lowest BCUT2D eigenvalue weighted by molar-refractivity contribution is -0.122. The molecule has 0 spiro atoms. The van der Waals surface area contributed by atoms with E-state index in [-0.39, 0.29) is 5.92 Å². The molecule has 1 fully saturated rings. The van der Waals surface area contributed by atoms with Crippen molar-refractivity contribution in [3.05, 3.63) is 0 Å². The predicted octanol–water partition coefficient (Wildman–Crippen LogP) is 0.246. The normalized spacial score (nSPS) is 25.7. The van der Waals surface area contributed by atoms with Gasteiger partial charge in [0.25, 0.3) is 0 Å². The van der Waals surface area contributed by atoms with Crippen molar-refractivity contribution in [2.45, 2.75) is 19.8 Å². The molecule has 1 atom stereocenters. The van der Waals surface area contributed by atoms with Gasteiger partial charge in [-0.1, -0.05) is 0 Å². The minimum atomic E-state index is 0.269. The topological polar surface area (TPSA) is 46.3 Å². The van der Waals surface area contributed by atoms with Crippen LogP contribution >= 0.6 is 0 Å². The van der Waals surface area contributed by atoms with Gasteiger partial charge in [0.2, 0.25) is 0 Å². The maximum Gasteiger partial charge on any atom is 0.134 e. The average Bonchev–Trinajstić information content (AvgIpc) is 2.05. The number of piperidine rings is 1. The van der Waals surface area contributed by atoms with Crippen LogP contribution in [0.3, 0.4) is 0 Å². The summed E-state index contributed by atoms with van der Waals surface area (Å²) in [7, 11) is 0. The second-order valence-electron chi connectivity index (χ2n) is 3.54. The molecular weight excluding hydrogens is 152 g/mol. The number of likely N-dealkylation sites (tertiary alicyclic amines) is 1. The fourth-order valence-corrected chi connectivity index (χ4v) is 1.77. The van der Waals surface area contributed by atoms with Gasteiger partial charge in [-0.25, -0.2) is 0 Å². The SMILES string of the molecule is CC(=O)C1CCCN(CCN)C1. The lowest BCUT2D eigenvalue weighted by atomic mass is 9.95. The Balaban J connectivity index is 2.35. The summed E-state index contributed by atoms with van der Waals surface area (Å²) in [4.78, 5) is 13.4. The number of rotatable bonds is 3. The number of nitrogens with zero attached hydrogens (tertiary/aromatic N) is 1. The standard InChI is InChI=1S/C9H18N2O/c1-8(12)9-3-2-5-11(7-9)6-4-10/h9H,2-7,10H2,1H3. The van der Waals surface area contributed by atoms with Crippen LogP contribution in [0, 0.1) is 5.92 Å². The van der Waals surface area contributed by atoms with Crippen LogP contribution in [0.25, 0.3) is 0 Å². The first kappa shape index (κ1) is 9.68. The maximum absolute atomic E-state index is 11.1. The quantitative estimate of drug-likeness (QED) is 0.660. The highest BCUT2D eigenvalue weighted by Crippen LogP contribution is 2.16. The number of Topliss-reactive ketones (excluding diaryl/α,β-unsaturated/α-hetero) is 1. The molecule has 1 aliphatic rings. The molecule has 0 amide bonds. The molecule has 0 bridgehead atoms. The van der Waals surface area contributed by atoms with Gasteiger partial charge in [-0.15, -0.1) is 0 Å². The Labute approximate surface area is 73.9 Å². The van der Waals surface area contributed by atoms with Crippen LogP contribution < -0.4 is 5.73 Å². The molecule has 70 valence electrons. The van der Waals surface area contributed by atoms with Gasteiger partial charge in [0.15, 0.2) is 0 Å². The third-order valence-corrected chi connectivity index (χ3v) is 2.53. The second kappa shape index (κ2) is 4.58. The second-order valence-corrected chi connectivity index (χ2v) is 3.54. The van der Waals surface area contributed by atoms with Crippen molar-refractivity contribution in [2.75, 3.05) is 26.2 Å². The molecule has 0 aromatic rings. The van der Waals surface area contributed by atoms with Crippen LogP contribution in [-0.2, 0) is 4.79 Å². The first-order valence-electron chi connectivity index (χ1n) is 4.67. The van der Waals surface area contributed by atoms with Crippen molar-refractivity contribution in [1.82, 2.24) is 4.90 Å². The molecule has 1 saturated heterocycles. The zero-order valence-corrected chi connectivity index (χ0v) is 7.75. The average molecular weight is 170 g/mol. The van der Waals surface area contributed by atoms with Crippen LogP contribution in [-0.4, -0.2) is 36.9 Å². The Morgan fingerprint density at radius 2 is 2.42 bits per heavy atom. The van der Waals surface area contributed by atoms with E-state index < -0.39 is 0 Å². The number of hydrogen-bond acceptors (Lipinski definition) is 3. The molecular formula is C9H18N2O. The van der Waals surface area contributed by atoms with E-state index in [1.807, 2.05) is 0 Å². The summed E-state index contributed by atoms with van der Waals surface area (Å²) in [5.41, 5.74) is 5.45. The molecule has 1 heterocycles. The van der Waals surface area contributed by atoms with Gasteiger partial charge in [-0.2, -0.15) is 0 Å². The van der Waals surface area contributed by atoms with Crippen molar-refractivity contribution < 1.29 is 4.79 Å². The first-order chi connectivity index (χ1) is 5.74. The molecule has 3 heteroatoms. The Morgan fingerprint density at radius 3 is 3.00 bits per heavy atom. The highest BCUT2D eigenvalue weighted by molar-refractivity contribution is 5.78. The molecule has 0 radical (unpaired) electrons. The smallest absolute Gasteiger partial charge is 0.134 e. The number of ketones is 1. The maximum atomic E-state index is 11.1. The summed E-state index contributed by atoms with van der Waals surface area (Å²) in [5.74, 6) is 0.599. The summed E-state index contributed by atoms with van der Waals surface area (Å²) < 4.78 is 0. The Hall–Kier alpha value is -0.410. The molecule has 0 aromatic carbocycles. The van der Waals surface area contributed by atoms with Gasteiger partial charge in [0, 0.05) is 25.6 Å². The predicted molar refractivity (Wildman–Crippen MR) is 48.9 cm³/mol. The Morgan fingerprint density at radius 1 is 1.67 bits per heavy atom. The van der Waals surface area contributed by atoms with E-state index in [1.54, 1.807) is 6.92 Å². The third-order valence-electron chi connectivity index (χ3n) is 2.53. The number of carbonyl (C=O) groups is 1. The largest absolute Gasteiger partial charge is 0.329 e. The van der Waals surface area contributed by atoms with Gasteiger partial charge in [-0.3, -0.25) is 4.79 Å². The molecule has 0 aromatic heterocycles. The zero-order valence-electron chi connectivity index (χ0n) is 7.75. The molecule has 0 saturated carbocycles. The van der Waals surface area contributed by atoms with Crippen LogP contribution in [0.2, 0.25) is 0 Å². The Kier molecular flexibility index (Phi) is 3.69. The fraction of sp³-hybridized carbons (Fsp3) is 0.889. The monoisotopic (exact) mass is 170 g/mol. The molecule has 1 rings (SSSR count). The highest BCUT2D eigenvalue weighted by Gasteiger charge is 2.22. The van der Waals surface area contributed by atoms with Crippen LogP contribution in [0.4, 0.5) is 0 Å². The van der Waals surface area contributed by atoms with E-state index in [0.717, 1.165) is 32.5 Å². The third kappa shape index (κ3) is 2.57. The van der Waals surface area contributed by atoms with E-state index in [0.29, 0.717) is 12.3 Å². The van der Waals surface area contributed by atoms with Gasteiger partial charge in [-0.05, 0) is 26.3 Å². The summed E-state index contributed by atoms with van der Waals surface area (Å²) >= 11 is 0. The number of carbonyl (C=O) groups excluding carboxylic acids is 1. The van der Waals surface area contributed by atoms with Crippen LogP contribution in [0.15, 0.2) is 0 Å². The van der Waals surface area contributed by atoms with Crippen molar-refractivity contribution in [3.63, 3.8) is 0 Å². The van der Waals surface area contributed by atoms with Crippen LogP contribution in [0.5, 0.6) is 0 Å². The fourth-order valence-electron chi connectivity index (χ4n) is 1.77. The summed E-state index contributed by atoms with van der Waals surface area (Å²) in [6.45, 7) is 5.36. The van der Waals surface area contributed by atoms with E-state index in [9.17, 15) is 4.79 Å². The van der Waals surface area contributed by atoms with Crippen molar-refractivity contribution >= 4 is 5.78 Å². The van der Waals surface area contributed by atoms with Gasteiger partial charge < -0.3 is 10.6 Å². The van der Waals surface area contributed by atoms with Gasteiger partial charge in [0.1, 0.15) is 5.78 Å². The van der Waals surface area contributed by atoms with Crippen molar-refractivity contribution in [1.29, 1.82) is 0 Å². The molecule has 1 aliphatic heterocycles. The lowest BCUT2D eigenvalue weighted by Crippen LogP contribution is -2.40. The zero-order chi connectivity index (χ0) is 8.97. The number of nitrogens with two attached hydrogens (primary N) is 1. The minimum Gasteiger partial charge on any atom is -0.329 e. The molecule has 0 aliphatic carbocycles. The first-order valence-corrected chi connectivity index (χ1v) is 4.67. The molecule has 2 N–H and O–H groups in total. The lowest BCUT2D eigenvalue weighted by Gasteiger charge is -2.30. The van der Waals surface area contributed by atoms with E-state index >= 15 is 0 Å². The van der Waals surface area contributed by atoms with Crippen LogP contribution in [0.1, 0.15) is 19.8 Å². The molecule has 12 heavy (non-hydrogen) atoms. The minimum absolute atomic E-state index is 0.269. The van der Waals surface area contributed by atoms with E-state index in [2.05, 4.69) is 4.90 Å².